The van der Waals surface area contributed by atoms with Crippen molar-refractivity contribution in [2.24, 2.45) is 5.92 Å². The number of benzene rings is 3. The first-order valence-electron chi connectivity index (χ1n) is 13.1. The van der Waals surface area contributed by atoms with E-state index in [9.17, 15) is 14.4 Å². The molecule has 38 heavy (non-hydrogen) atoms. The highest BCUT2D eigenvalue weighted by molar-refractivity contribution is 7.17. The molecule has 0 saturated carbocycles. The Morgan fingerprint density at radius 3 is 2.45 bits per heavy atom. The molecule has 0 spiro atoms. The van der Waals surface area contributed by atoms with Crippen molar-refractivity contribution < 1.29 is 14.4 Å². The maximum Gasteiger partial charge on any atom is 0.244 e. The van der Waals surface area contributed by atoms with Crippen LogP contribution in [0.1, 0.15) is 24.0 Å². The Bertz CT molecular complexity index is 1420. The molecule has 1 aliphatic rings. The minimum atomic E-state index is -0.765. The van der Waals surface area contributed by atoms with Gasteiger partial charge in [-0.1, -0.05) is 60.7 Å². The van der Waals surface area contributed by atoms with E-state index in [2.05, 4.69) is 32.7 Å². The van der Waals surface area contributed by atoms with Gasteiger partial charge in [0.05, 0.1) is 0 Å². The second-order valence-electron chi connectivity index (χ2n) is 9.73. The van der Waals surface area contributed by atoms with E-state index in [-0.39, 0.29) is 17.7 Å². The monoisotopic (exact) mass is 528 g/mol. The number of rotatable bonds is 10. The molecule has 2 heterocycles. The van der Waals surface area contributed by atoms with E-state index in [1.165, 1.54) is 0 Å². The van der Waals surface area contributed by atoms with Crippen LogP contribution in [0.2, 0.25) is 0 Å². The van der Waals surface area contributed by atoms with Gasteiger partial charge in [0.2, 0.25) is 18.2 Å². The second kappa shape index (κ2) is 12.2. The van der Waals surface area contributed by atoms with Gasteiger partial charge >= 0.3 is 0 Å². The Kier molecular flexibility index (Phi) is 8.31. The number of piperidine rings is 1. The van der Waals surface area contributed by atoms with Crippen LogP contribution in [-0.4, -0.2) is 43.5 Å². The van der Waals surface area contributed by atoms with E-state index < -0.39 is 12.2 Å². The van der Waals surface area contributed by atoms with E-state index >= 15 is 0 Å². The Morgan fingerprint density at radius 2 is 1.63 bits per heavy atom. The number of amides is 3. The summed E-state index contributed by atoms with van der Waals surface area (Å²) in [5.74, 6) is -0.535. The molecular formula is C30H32N4O3S. The fourth-order valence-electron chi connectivity index (χ4n) is 5.19. The van der Waals surface area contributed by atoms with Gasteiger partial charge in [-0.2, -0.15) is 0 Å². The standard InChI is InChI=1S/C30H32N4O3S/c35-19-32-28(17-22-8-5-7-20-6-1-2-9-24(20)22)34-30(37)26(33-29(36)21-12-14-31-15-13-21)16-23-18-38-27-11-4-3-10-25(23)27/h1-11,18-19,21,26,28,31H,12-17H2,(H,32,35)(H,33,36)(H,34,37)/t26-,28-/m1/s1. The van der Waals surface area contributed by atoms with Crippen molar-refractivity contribution in [3.8, 4) is 0 Å². The zero-order valence-electron chi connectivity index (χ0n) is 21.1. The highest BCUT2D eigenvalue weighted by atomic mass is 32.1. The van der Waals surface area contributed by atoms with Crippen LogP contribution >= 0.6 is 11.3 Å². The largest absolute Gasteiger partial charge is 0.344 e. The summed E-state index contributed by atoms with van der Waals surface area (Å²) in [5, 5.41) is 17.4. The van der Waals surface area contributed by atoms with Crippen molar-refractivity contribution in [1.29, 1.82) is 0 Å². The molecule has 4 N–H and O–H groups in total. The molecule has 0 radical (unpaired) electrons. The van der Waals surface area contributed by atoms with E-state index in [0.717, 1.165) is 57.9 Å². The maximum absolute atomic E-state index is 13.7. The van der Waals surface area contributed by atoms with Crippen LogP contribution in [0.3, 0.4) is 0 Å². The van der Waals surface area contributed by atoms with Crippen LogP contribution in [0.4, 0.5) is 0 Å². The number of hydrogen-bond acceptors (Lipinski definition) is 5. The van der Waals surface area contributed by atoms with Crippen molar-refractivity contribution in [2.45, 2.75) is 37.9 Å². The number of thiophene rings is 1. The van der Waals surface area contributed by atoms with Gasteiger partial charge in [-0.25, -0.2) is 0 Å². The number of nitrogens with one attached hydrogen (secondary N) is 4. The molecule has 196 valence electrons. The van der Waals surface area contributed by atoms with Gasteiger partial charge in [0.1, 0.15) is 12.2 Å². The van der Waals surface area contributed by atoms with Gasteiger partial charge in [-0.3, -0.25) is 14.4 Å². The molecule has 1 saturated heterocycles. The van der Waals surface area contributed by atoms with Gasteiger partial charge in [0.25, 0.3) is 0 Å². The highest BCUT2D eigenvalue weighted by Crippen LogP contribution is 2.27. The lowest BCUT2D eigenvalue weighted by Crippen LogP contribution is -2.55. The second-order valence-corrected chi connectivity index (χ2v) is 10.6. The minimum absolute atomic E-state index is 0.0971. The number of fused-ring (bicyclic) bond motifs is 2. The zero-order chi connectivity index (χ0) is 26.3. The van der Waals surface area contributed by atoms with Crippen LogP contribution in [0.25, 0.3) is 20.9 Å². The first kappa shape index (κ1) is 25.9. The average molecular weight is 529 g/mol. The van der Waals surface area contributed by atoms with Gasteiger partial charge in [0.15, 0.2) is 0 Å². The van der Waals surface area contributed by atoms with Gasteiger partial charge in [0, 0.05) is 23.5 Å². The smallest absolute Gasteiger partial charge is 0.244 e. The fraction of sp³-hybridized carbons (Fsp3) is 0.300. The first-order chi connectivity index (χ1) is 18.6. The molecule has 0 aliphatic carbocycles. The van der Waals surface area contributed by atoms with Crippen molar-refractivity contribution >= 4 is 50.4 Å². The topological polar surface area (TPSA) is 99.3 Å². The Labute approximate surface area is 226 Å². The maximum atomic E-state index is 13.7. The summed E-state index contributed by atoms with van der Waals surface area (Å²) in [7, 11) is 0. The third-order valence-electron chi connectivity index (χ3n) is 7.22. The molecule has 4 aromatic rings. The summed E-state index contributed by atoms with van der Waals surface area (Å²) in [6.07, 6.45) is 2.26. The van der Waals surface area contributed by atoms with Crippen LogP contribution < -0.4 is 21.3 Å². The summed E-state index contributed by atoms with van der Waals surface area (Å²) in [6, 6.07) is 21.4. The van der Waals surface area contributed by atoms with Crippen LogP contribution in [0, 0.1) is 5.92 Å². The SMILES string of the molecule is O=CN[C@@H](Cc1cccc2ccccc12)NC(=O)[C@@H](Cc1csc2ccccc12)NC(=O)C1CCNCC1. The Balaban J connectivity index is 1.37. The van der Waals surface area contributed by atoms with Gasteiger partial charge in [-0.15, -0.1) is 11.3 Å². The summed E-state index contributed by atoms with van der Waals surface area (Å²) < 4.78 is 1.14. The van der Waals surface area contributed by atoms with Crippen LogP contribution in [-0.2, 0) is 27.2 Å². The summed E-state index contributed by atoms with van der Waals surface area (Å²) in [4.78, 5) is 38.3. The molecule has 7 nitrogen and oxygen atoms in total. The molecule has 1 aromatic heterocycles. The Hall–Kier alpha value is -3.75. The fourth-order valence-corrected chi connectivity index (χ4v) is 6.17. The molecule has 2 atom stereocenters. The molecule has 3 amide bonds. The molecule has 0 bridgehead atoms. The van der Waals surface area contributed by atoms with Crippen molar-refractivity contribution in [1.82, 2.24) is 21.3 Å². The summed E-state index contributed by atoms with van der Waals surface area (Å²) in [5.41, 5.74) is 2.03. The summed E-state index contributed by atoms with van der Waals surface area (Å²) >= 11 is 1.63. The number of carbonyl (C=O) groups is 3. The molecule has 3 aromatic carbocycles. The first-order valence-corrected chi connectivity index (χ1v) is 13.9. The molecule has 5 rings (SSSR count). The predicted molar refractivity (Wildman–Crippen MR) is 152 cm³/mol. The van der Waals surface area contributed by atoms with E-state index in [1.807, 2.05) is 60.7 Å². The lowest BCUT2D eigenvalue weighted by atomic mass is 9.96. The Morgan fingerprint density at radius 1 is 0.895 bits per heavy atom. The predicted octanol–water partition coefficient (Wildman–Crippen LogP) is 3.51. The van der Waals surface area contributed by atoms with Gasteiger partial charge in [-0.05, 0) is 64.7 Å². The molecule has 1 aliphatic heterocycles. The third-order valence-corrected chi connectivity index (χ3v) is 8.23. The molecule has 8 heteroatoms. The quantitative estimate of drug-likeness (QED) is 0.187. The highest BCUT2D eigenvalue weighted by Gasteiger charge is 2.29. The van der Waals surface area contributed by atoms with Gasteiger partial charge < -0.3 is 21.3 Å². The average Bonchev–Trinajstić information content (AvgIpc) is 3.36. The lowest BCUT2D eigenvalue weighted by Gasteiger charge is -2.27. The van der Waals surface area contributed by atoms with Crippen molar-refractivity contribution in [3.63, 3.8) is 0 Å². The zero-order valence-corrected chi connectivity index (χ0v) is 21.9. The normalized spacial score (nSPS) is 15.6. The number of carbonyl (C=O) groups excluding carboxylic acids is 3. The third kappa shape index (κ3) is 6.03. The molecular weight excluding hydrogens is 496 g/mol. The van der Waals surface area contributed by atoms with Crippen LogP contribution in [0.15, 0.2) is 72.1 Å². The lowest BCUT2D eigenvalue weighted by molar-refractivity contribution is -0.132. The minimum Gasteiger partial charge on any atom is -0.344 e. The van der Waals surface area contributed by atoms with Crippen molar-refractivity contribution in [2.75, 3.05) is 13.1 Å². The van der Waals surface area contributed by atoms with Crippen LogP contribution in [0.5, 0.6) is 0 Å². The summed E-state index contributed by atoms with van der Waals surface area (Å²) in [6.45, 7) is 1.58. The molecule has 0 unspecified atom stereocenters. The van der Waals surface area contributed by atoms with E-state index in [1.54, 1.807) is 11.3 Å². The molecule has 1 fully saturated rings. The number of hydrogen-bond donors (Lipinski definition) is 4. The van der Waals surface area contributed by atoms with E-state index in [0.29, 0.717) is 19.3 Å². The van der Waals surface area contributed by atoms with Crippen molar-refractivity contribution in [3.05, 3.63) is 83.2 Å². The van der Waals surface area contributed by atoms with E-state index in [4.69, 9.17) is 0 Å².